The Hall–Kier alpha value is -2.90. The summed E-state index contributed by atoms with van der Waals surface area (Å²) >= 11 is 0. The van der Waals surface area contributed by atoms with E-state index in [1.54, 1.807) is 13.0 Å². The fourth-order valence-electron chi connectivity index (χ4n) is 3.78. The summed E-state index contributed by atoms with van der Waals surface area (Å²) in [6, 6.07) is 4.67. The van der Waals surface area contributed by atoms with Gasteiger partial charge in [-0.3, -0.25) is 10.1 Å². The number of ether oxygens (including phenoxy) is 1. The van der Waals surface area contributed by atoms with E-state index in [1.165, 1.54) is 24.6 Å². The fourth-order valence-corrected chi connectivity index (χ4v) is 3.78. The molecule has 1 aliphatic heterocycles. The molecule has 0 radical (unpaired) electrons. The van der Waals surface area contributed by atoms with Crippen molar-refractivity contribution in [3.05, 3.63) is 51.2 Å². The van der Waals surface area contributed by atoms with Crippen molar-refractivity contribution in [2.24, 2.45) is 0 Å². The number of amides is 2. The van der Waals surface area contributed by atoms with Crippen LogP contribution in [0.1, 0.15) is 63.5 Å². The maximum absolute atomic E-state index is 13.0. The molecule has 1 aromatic rings. The number of nitro benzene ring substituents is 1. The first-order valence-corrected chi connectivity index (χ1v) is 9.69. The molecule has 1 fully saturated rings. The molecule has 1 saturated carbocycles. The molecule has 2 N–H and O–H groups in total. The average molecular weight is 387 g/mol. The minimum atomic E-state index is -0.797. The molecule has 1 atom stereocenters. The first kappa shape index (κ1) is 19.9. The SMILES string of the molecule is CC1=C(C(=O)OC2CCCCCCC2)C(c2cccc([N+](=O)[O-])c2)NC(=O)N1. The van der Waals surface area contributed by atoms with E-state index in [2.05, 4.69) is 10.6 Å². The second kappa shape index (κ2) is 8.86. The quantitative estimate of drug-likeness (QED) is 0.463. The summed E-state index contributed by atoms with van der Waals surface area (Å²) in [5.74, 6) is -0.493. The van der Waals surface area contributed by atoms with E-state index >= 15 is 0 Å². The van der Waals surface area contributed by atoms with Crippen LogP contribution >= 0.6 is 0 Å². The molecule has 1 unspecified atom stereocenters. The van der Waals surface area contributed by atoms with Crippen LogP contribution in [0, 0.1) is 10.1 Å². The van der Waals surface area contributed by atoms with Crippen molar-refractivity contribution in [3.8, 4) is 0 Å². The van der Waals surface area contributed by atoms with Gasteiger partial charge in [0.05, 0.1) is 16.5 Å². The van der Waals surface area contributed by atoms with Crippen molar-refractivity contribution < 1.29 is 19.2 Å². The van der Waals surface area contributed by atoms with Crippen molar-refractivity contribution in [1.29, 1.82) is 0 Å². The van der Waals surface area contributed by atoms with Gasteiger partial charge in [-0.05, 0) is 38.2 Å². The van der Waals surface area contributed by atoms with Gasteiger partial charge in [0, 0.05) is 17.8 Å². The lowest BCUT2D eigenvalue weighted by atomic mass is 9.94. The fraction of sp³-hybridized carbons (Fsp3) is 0.500. The van der Waals surface area contributed by atoms with Crippen LogP contribution in [0.4, 0.5) is 10.5 Å². The molecule has 1 aliphatic carbocycles. The monoisotopic (exact) mass is 387 g/mol. The van der Waals surface area contributed by atoms with Gasteiger partial charge in [0.1, 0.15) is 6.10 Å². The highest BCUT2D eigenvalue weighted by molar-refractivity contribution is 5.95. The third-order valence-corrected chi connectivity index (χ3v) is 5.23. The summed E-state index contributed by atoms with van der Waals surface area (Å²) in [4.78, 5) is 35.6. The molecule has 150 valence electrons. The number of rotatable bonds is 4. The topological polar surface area (TPSA) is 111 Å². The second-order valence-corrected chi connectivity index (χ2v) is 7.29. The Kier molecular flexibility index (Phi) is 6.28. The van der Waals surface area contributed by atoms with Gasteiger partial charge in [0.15, 0.2) is 0 Å². The van der Waals surface area contributed by atoms with E-state index < -0.39 is 23.0 Å². The molecule has 1 heterocycles. The predicted molar refractivity (Wildman–Crippen MR) is 102 cm³/mol. The molecule has 0 aromatic heterocycles. The number of allylic oxidation sites excluding steroid dienone is 1. The minimum absolute atomic E-state index is 0.101. The van der Waals surface area contributed by atoms with Crippen LogP contribution in [0.25, 0.3) is 0 Å². The van der Waals surface area contributed by atoms with Gasteiger partial charge in [-0.15, -0.1) is 0 Å². The largest absolute Gasteiger partial charge is 0.459 e. The van der Waals surface area contributed by atoms with Gasteiger partial charge in [-0.1, -0.05) is 31.4 Å². The Labute approximate surface area is 163 Å². The maximum Gasteiger partial charge on any atom is 0.338 e. The van der Waals surface area contributed by atoms with Gasteiger partial charge in [0.25, 0.3) is 5.69 Å². The van der Waals surface area contributed by atoms with Crippen LogP contribution in [0.15, 0.2) is 35.5 Å². The molecule has 2 aliphatic rings. The van der Waals surface area contributed by atoms with Gasteiger partial charge in [-0.2, -0.15) is 0 Å². The number of carbonyl (C=O) groups is 2. The number of esters is 1. The Morgan fingerprint density at radius 2 is 1.86 bits per heavy atom. The summed E-state index contributed by atoms with van der Waals surface area (Å²) < 4.78 is 5.78. The van der Waals surface area contributed by atoms with Crippen LogP contribution in [0.2, 0.25) is 0 Å². The zero-order chi connectivity index (χ0) is 20.1. The summed E-state index contributed by atoms with van der Waals surface area (Å²) in [5, 5.41) is 16.4. The Morgan fingerprint density at radius 3 is 2.54 bits per heavy atom. The van der Waals surface area contributed by atoms with Crippen LogP contribution < -0.4 is 10.6 Å². The average Bonchev–Trinajstić information content (AvgIpc) is 2.63. The third kappa shape index (κ3) is 4.68. The third-order valence-electron chi connectivity index (χ3n) is 5.23. The standard InChI is InChI=1S/C20H25N3O5/c1-13-17(19(24)28-16-10-5-3-2-4-6-11-16)18(22-20(25)21-13)14-8-7-9-15(12-14)23(26)27/h7-9,12,16,18H,2-6,10-11H2,1H3,(H2,21,22,25). The number of hydrogen-bond acceptors (Lipinski definition) is 5. The molecule has 28 heavy (non-hydrogen) atoms. The highest BCUT2D eigenvalue weighted by Gasteiger charge is 2.34. The van der Waals surface area contributed by atoms with Gasteiger partial charge in [0.2, 0.25) is 0 Å². The Balaban J connectivity index is 1.85. The van der Waals surface area contributed by atoms with Crippen molar-refractivity contribution in [3.63, 3.8) is 0 Å². The molecule has 8 nitrogen and oxygen atoms in total. The zero-order valence-corrected chi connectivity index (χ0v) is 15.9. The lowest BCUT2D eigenvalue weighted by Crippen LogP contribution is -2.45. The van der Waals surface area contributed by atoms with Crippen molar-refractivity contribution in [2.75, 3.05) is 0 Å². The summed E-state index contributed by atoms with van der Waals surface area (Å²) in [7, 11) is 0. The molecular formula is C20H25N3O5. The summed E-state index contributed by atoms with van der Waals surface area (Å²) in [6.07, 6.45) is 7.08. The van der Waals surface area contributed by atoms with Crippen LogP contribution in [-0.2, 0) is 9.53 Å². The van der Waals surface area contributed by atoms with E-state index in [4.69, 9.17) is 4.74 Å². The molecule has 1 aromatic carbocycles. The number of nitrogens with zero attached hydrogens (tertiary/aromatic N) is 1. The lowest BCUT2D eigenvalue weighted by molar-refractivity contribution is -0.384. The van der Waals surface area contributed by atoms with E-state index in [-0.39, 0.29) is 17.4 Å². The normalized spacial score (nSPS) is 21.2. The number of urea groups is 1. The summed E-state index contributed by atoms with van der Waals surface area (Å²) in [5.41, 5.74) is 1.04. The Morgan fingerprint density at radius 1 is 1.18 bits per heavy atom. The number of non-ortho nitro benzene ring substituents is 1. The second-order valence-electron chi connectivity index (χ2n) is 7.29. The molecule has 8 heteroatoms. The van der Waals surface area contributed by atoms with Crippen LogP contribution in [0.3, 0.4) is 0 Å². The molecule has 0 bridgehead atoms. The molecule has 0 saturated heterocycles. The number of nitrogens with one attached hydrogen (secondary N) is 2. The first-order chi connectivity index (χ1) is 13.5. The maximum atomic E-state index is 13.0. The van der Waals surface area contributed by atoms with E-state index in [0.717, 1.165) is 38.5 Å². The number of benzene rings is 1. The van der Waals surface area contributed by atoms with E-state index in [1.807, 2.05) is 0 Å². The van der Waals surface area contributed by atoms with Gasteiger partial charge >= 0.3 is 12.0 Å². The van der Waals surface area contributed by atoms with Crippen molar-refractivity contribution in [1.82, 2.24) is 10.6 Å². The molecule has 0 spiro atoms. The van der Waals surface area contributed by atoms with E-state index in [0.29, 0.717) is 11.3 Å². The number of hydrogen-bond donors (Lipinski definition) is 2. The van der Waals surface area contributed by atoms with Crippen LogP contribution in [-0.4, -0.2) is 23.0 Å². The highest BCUT2D eigenvalue weighted by atomic mass is 16.6. The Bertz CT molecular complexity index is 797. The lowest BCUT2D eigenvalue weighted by Gasteiger charge is -2.29. The van der Waals surface area contributed by atoms with Gasteiger partial charge in [-0.25, -0.2) is 9.59 Å². The minimum Gasteiger partial charge on any atom is -0.459 e. The zero-order valence-electron chi connectivity index (χ0n) is 15.9. The smallest absolute Gasteiger partial charge is 0.338 e. The van der Waals surface area contributed by atoms with Gasteiger partial charge < -0.3 is 15.4 Å². The van der Waals surface area contributed by atoms with Crippen molar-refractivity contribution >= 4 is 17.7 Å². The predicted octanol–water partition coefficient (Wildman–Crippen LogP) is 3.88. The molecular weight excluding hydrogens is 362 g/mol. The summed E-state index contributed by atoms with van der Waals surface area (Å²) in [6.45, 7) is 1.64. The van der Waals surface area contributed by atoms with Crippen molar-refractivity contribution in [2.45, 2.75) is 64.0 Å². The van der Waals surface area contributed by atoms with E-state index in [9.17, 15) is 19.7 Å². The number of nitro groups is 1. The number of carbonyl (C=O) groups excluding carboxylic acids is 2. The molecule has 2 amide bonds. The highest BCUT2D eigenvalue weighted by Crippen LogP contribution is 2.31. The molecule has 3 rings (SSSR count). The van der Waals surface area contributed by atoms with Crippen LogP contribution in [0.5, 0.6) is 0 Å². The first-order valence-electron chi connectivity index (χ1n) is 9.69.